The summed E-state index contributed by atoms with van der Waals surface area (Å²) >= 11 is 0. The van der Waals surface area contributed by atoms with Gasteiger partial charge in [0.2, 0.25) is 5.91 Å². The molecule has 0 bridgehead atoms. The van der Waals surface area contributed by atoms with Gasteiger partial charge < -0.3 is 15.0 Å². The summed E-state index contributed by atoms with van der Waals surface area (Å²) in [7, 11) is 1.70. The molecule has 0 aromatic heterocycles. The third-order valence-electron chi connectivity index (χ3n) is 5.49. The maximum absolute atomic E-state index is 12.4. The lowest BCUT2D eigenvalue weighted by Gasteiger charge is -2.21. The zero-order valence-electron chi connectivity index (χ0n) is 20.3. The normalized spacial score (nSPS) is 11.3. The van der Waals surface area contributed by atoms with Crippen molar-refractivity contribution in [2.24, 2.45) is 0 Å². The number of nitrogens with zero attached hydrogens (tertiary/aromatic N) is 1. The number of amides is 1. The number of carbonyl (C=O) groups excluding carboxylic acids is 1. The Kier molecular flexibility index (Phi) is 11.6. The monoisotopic (exact) mass is 436 g/mol. The molecule has 4 nitrogen and oxygen atoms in total. The highest BCUT2D eigenvalue weighted by molar-refractivity contribution is 6.02. The molecule has 0 heterocycles. The van der Waals surface area contributed by atoms with Gasteiger partial charge in [-0.25, -0.2) is 0 Å². The number of aryl methyl sites for hydroxylation is 2. The summed E-state index contributed by atoms with van der Waals surface area (Å²) < 4.78 is 5.55. The van der Waals surface area contributed by atoms with Crippen molar-refractivity contribution in [3.05, 3.63) is 65.2 Å². The van der Waals surface area contributed by atoms with Crippen LogP contribution in [0.25, 0.3) is 6.08 Å². The number of nitrogens with one attached hydrogen (secondary N) is 1. The minimum absolute atomic E-state index is 0.129. The van der Waals surface area contributed by atoms with Gasteiger partial charge in [0.05, 0.1) is 7.11 Å². The van der Waals surface area contributed by atoms with Crippen LogP contribution in [0.5, 0.6) is 5.75 Å². The zero-order valence-corrected chi connectivity index (χ0v) is 20.3. The average Bonchev–Trinajstić information content (AvgIpc) is 2.79. The molecule has 0 aliphatic heterocycles. The van der Waals surface area contributed by atoms with Gasteiger partial charge in [0, 0.05) is 11.8 Å². The number of benzene rings is 2. The lowest BCUT2D eigenvalue weighted by molar-refractivity contribution is -0.111. The van der Waals surface area contributed by atoms with Gasteiger partial charge in [-0.1, -0.05) is 51.5 Å². The summed E-state index contributed by atoms with van der Waals surface area (Å²) in [5.74, 6) is 0.749. The summed E-state index contributed by atoms with van der Waals surface area (Å²) in [6.07, 6.45) is 10.0. The highest BCUT2D eigenvalue weighted by atomic mass is 16.5. The van der Waals surface area contributed by atoms with Crippen molar-refractivity contribution in [1.82, 2.24) is 4.90 Å². The molecule has 174 valence electrons. The van der Waals surface area contributed by atoms with Gasteiger partial charge in [0.1, 0.15) is 5.75 Å². The van der Waals surface area contributed by atoms with Crippen LogP contribution >= 0.6 is 0 Å². The van der Waals surface area contributed by atoms with Gasteiger partial charge in [0.15, 0.2) is 0 Å². The Bertz CT molecular complexity index is 837. The first-order chi connectivity index (χ1) is 15.6. The Balaban J connectivity index is 1.95. The fourth-order valence-corrected chi connectivity index (χ4v) is 3.95. The first kappa shape index (κ1) is 25.7. The molecule has 2 rings (SSSR count). The van der Waals surface area contributed by atoms with Gasteiger partial charge in [0.25, 0.3) is 0 Å². The van der Waals surface area contributed by atoms with E-state index in [0.29, 0.717) is 0 Å². The third kappa shape index (κ3) is 8.88. The van der Waals surface area contributed by atoms with E-state index in [1.54, 1.807) is 13.2 Å². The molecule has 0 unspecified atom stereocenters. The summed E-state index contributed by atoms with van der Waals surface area (Å²) in [6.45, 7) is 10.0. The standard InChI is InChI=1S/C28H40N2O2/c1-5-9-23-11-13-24(14-12-23)15-18-28(31)29-26-16-17-27(32-4)25(22-26)10-8-21-30(19-6-2)20-7-3/h11-18,22H,5-10,19-21H2,1-4H3,(H,29,31). The van der Waals surface area contributed by atoms with E-state index in [4.69, 9.17) is 4.74 Å². The number of hydrogen-bond acceptors (Lipinski definition) is 3. The molecule has 0 atom stereocenters. The molecule has 0 spiro atoms. The molecule has 0 fully saturated rings. The second-order valence-electron chi connectivity index (χ2n) is 8.29. The molecule has 0 radical (unpaired) electrons. The van der Waals surface area contributed by atoms with Gasteiger partial charge in [-0.05, 0) is 92.7 Å². The van der Waals surface area contributed by atoms with Crippen LogP contribution in [0.15, 0.2) is 48.5 Å². The summed E-state index contributed by atoms with van der Waals surface area (Å²) in [5, 5.41) is 2.98. The molecular weight excluding hydrogens is 396 g/mol. The second-order valence-corrected chi connectivity index (χ2v) is 8.29. The number of rotatable bonds is 14. The molecular formula is C28H40N2O2. The minimum atomic E-state index is -0.129. The minimum Gasteiger partial charge on any atom is -0.496 e. The quantitative estimate of drug-likeness (QED) is 0.351. The van der Waals surface area contributed by atoms with E-state index in [-0.39, 0.29) is 5.91 Å². The fraction of sp³-hybridized carbons (Fsp3) is 0.464. The SMILES string of the molecule is CCCc1ccc(C=CC(=O)Nc2ccc(OC)c(CCCN(CCC)CCC)c2)cc1. The molecule has 2 aromatic carbocycles. The molecule has 0 aliphatic carbocycles. The van der Waals surface area contributed by atoms with Crippen LogP contribution in [0.2, 0.25) is 0 Å². The lowest BCUT2D eigenvalue weighted by atomic mass is 10.1. The molecule has 32 heavy (non-hydrogen) atoms. The zero-order chi connectivity index (χ0) is 23.2. The van der Waals surface area contributed by atoms with Crippen molar-refractivity contribution in [2.75, 3.05) is 32.1 Å². The molecule has 4 heteroatoms. The van der Waals surface area contributed by atoms with E-state index >= 15 is 0 Å². The maximum Gasteiger partial charge on any atom is 0.248 e. The average molecular weight is 437 g/mol. The summed E-state index contributed by atoms with van der Waals surface area (Å²) in [4.78, 5) is 15.0. The van der Waals surface area contributed by atoms with Crippen LogP contribution in [0.1, 0.15) is 63.1 Å². The highest BCUT2D eigenvalue weighted by Crippen LogP contribution is 2.24. The molecule has 0 saturated heterocycles. The Morgan fingerprint density at radius 1 is 0.938 bits per heavy atom. The van der Waals surface area contributed by atoms with E-state index in [1.807, 2.05) is 24.3 Å². The van der Waals surface area contributed by atoms with Crippen molar-refractivity contribution < 1.29 is 9.53 Å². The van der Waals surface area contributed by atoms with E-state index in [1.165, 1.54) is 18.4 Å². The summed E-state index contributed by atoms with van der Waals surface area (Å²) in [6, 6.07) is 14.2. The third-order valence-corrected chi connectivity index (χ3v) is 5.49. The molecule has 1 N–H and O–H groups in total. The molecule has 1 amide bonds. The molecule has 0 aliphatic rings. The van der Waals surface area contributed by atoms with E-state index in [0.717, 1.165) is 67.9 Å². The number of carbonyl (C=O) groups is 1. The van der Waals surface area contributed by atoms with Gasteiger partial charge in [-0.3, -0.25) is 4.79 Å². The predicted octanol–water partition coefficient (Wildman–Crippen LogP) is 6.35. The van der Waals surface area contributed by atoms with Gasteiger partial charge in [-0.15, -0.1) is 0 Å². The first-order valence-corrected chi connectivity index (χ1v) is 12.1. The Hall–Kier alpha value is -2.59. The van der Waals surface area contributed by atoms with Crippen LogP contribution in [-0.4, -0.2) is 37.6 Å². The topological polar surface area (TPSA) is 41.6 Å². The molecule has 2 aromatic rings. The largest absolute Gasteiger partial charge is 0.496 e. The summed E-state index contributed by atoms with van der Waals surface area (Å²) in [5.41, 5.74) is 4.29. The number of hydrogen-bond donors (Lipinski definition) is 1. The van der Waals surface area contributed by atoms with Crippen LogP contribution in [0.3, 0.4) is 0 Å². The first-order valence-electron chi connectivity index (χ1n) is 12.1. The van der Waals surface area contributed by atoms with Crippen molar-refractivity contribution in [2.45, 2.75) is 59.3 Å². The van der Waals surface area contributed by atoms with Crippen molar-refractivity contribution >= 4 is 17.7 Å². The predicted molar refractivity (Wildman–Crippen MR) is 136 cm³/mol. The van der Waals surface area contributed by atoms with E-state index in [2.05, 4.69) is 55.3 Å². The smallest absolute Gasteiger partial charge is 0.248 e. The van der Waals surface area contributed by atoms with Gasteiger partial charge >= 0.3 is 0 Å². The second kappa shape index (κ2) is 14.5. The number of ether oxygens (including phenoxy) is 1. The van der Waals surface area contributed by atoms with Crippen LogP contribution < -0.4 is 10.1 Å². The Morgan fingerprint density at radius 2 is 1.66 bits per heavy atom. The van der Waals surface area contributed by atoms with Crippen LogP contribution in [0, 0.1) is 0 Å². The van der Waals surface area contributed by atoms with Gasteiger partial charge in [-0.2, -0.15) is 0 Å². The highest BCUT2D eigenvalue weighted by Gasteiger charge is 2.08. The molecule has 0 saturated carbocycles. The van der Waals surface area contributed by atoms with Crippen molar-refractivity contribution in [1.29, 1.82) is 0 Å². The lowest BCUT2D eigenvalue weighted by Crippen LogP contribution is -2.26. The Labute approximate surface area is 194 Å². The van der Waals surface area contributed by atoms with E-state index in [9.17, 15) is 4.79 Å². The van der Waals surface area contributed by atoms with Crippen LogP contribution in [0.4, 0.5) is 5.69 Å². The fourth-order valence-electron chi connectivity index (χ4n) is 3.95. The number of methoxy groups -OCH3 is 1. The van der Waals surface area contributed by atoms with Crippen molar-refractivity contribution in [3.63, 3.8) is 0 Å². The van der Waals surface area contributed by atoms with Crippen LogP contribution in [-0.2, 0) is 17.6 Å². The number of anilines is 1. The maximum atomic E-state index is 12.4. The Morgan fingerprint density at radius 3 is 2.28 bits per heavy atom. The van der Waals surface area contributed by atoms with E-state index < -0.39 is 0 Å². The van der Waals surface area contributed by atoms with Crippen molar-refractivity contribution in [3.8, 4) is 5.75 Å².